The Morgan fingerprint density at radius 3 is 2.53 bits per heavy atom. The Morgan fingerprint density at radius 1 is 1.08 bits per heavy atom. The van der Waals surface area contributed by atoms with Gasteiger partial charge in [-0.15, -0.1) is 0 Å². The number of amides is 1. The van der Waals surface area contributed by atoms with Crippen LogP contribution in [0.15, 0.2) is 65.7 Å². The normalized spacial score (nSPS) is 14.9. The van der Waals surface area contributed by atoms with Gasteiger partial charge < -0.3 is 4.74 Å². The lowest BCUT2D eigenvalue weighted by atomic mass is 10.1. The van der Waals surface area contributed by atoms with Crippen molar-refractivity contribution in [3.05, 3.63) is 71.3 Å². The largest absolute Gasteiger partial charge is 0.494 e. The molecule has 5 nitrogen and oxygen atoms in total. The number of aromatic nitrogens is 2. The smallest absolute Gasteiger partial charge is 0.266 e. The number of thiocarbonyl (C=S) groups is 1. The summed E-state index contributed by atoms with van der Waals surface area (Å²) in [4.78, 5) is 15.5. The molecule has 7 heteroatoms. The Hall–Kier alpha value is -2.90. The molecule has 0 atom stereocenters. The van der Waals surface area contributed by atoms with Crippen molar-refractivity contribution in [3.63, 3.8) is 0 Å². The second kappa shape index (κ2) is 12.4. The minimum absolute atomic E-state index is 0.0200. The number of carbonyl (C=O) groups is 1. The van der Waals surface area contributed by atoms with Gasteiger partial charge in [0.2, 0.25) is 0 Å². The van der Waals surface area contributed by atoms with E-state index in [0.717, 1.165) is 53.9 Å². The standard InChI is InChI=1S/C29H33N3O2S2/c1-4-5-9-17-31-28(33)26(36-29(31)35)19-23-20-32(24-10-7-6-8-11-24)30-27(23)22-12-14-25(15-13-22)34-18-16-21(2)3/h6-8,10-15,19-21H,4-5,9,16-18H2,1-3H3. The lowest BCUT2D eigenvalue weighted by molar-refractivity contribution is -0.122. The number of benzene rings is 2. The van der Waals surface area contributed by atoms with Crippen LogP contribution >= 0.6 is 24.0 Å². The van der Waals surface area contributed by atoms with Crippen LogP contribution in [0.1, 0.15) is 52.0 Å². The van der Waals surface area contributed by atoms with Gasteiger partial charge in [-0.25, -0.2) is 4.68 Å². The van der Waals surface area contributed by atoms with Crippen molar-refractivity contribution >= 4 is 40.3 Å². The molecule has 4 rings (SSSR count). The molecule has 0 spiro atoms. The van der Waals surface area contributed by atoms with E-state index in [1.165, 1.54) is 11.8 Å². The van der Waals surface area contributed by atoms with E-state index in [1.54, 1.807) is 4.90 Å². The number of hydrogen-bond donors (Lipinski definition) is 0. The summed E-state index contributed by atoms with van der Waals surface area (Å²) in [6.45, 7) is 7.90. The second-order valence-corrected chi connectivity index (χ2v) is 11.0. The SMILES string of the molecule is CCCCCN1C(=O)C(=Cc2cn(-c3ccccc3)nc2-c2ccc(OCCC(C)C)cc2)SC1=S. The van der Waals surface area contributed by atoms with Gasteiger partial charge in [0, 0.05) is 23.9 Å². The average Bonchev–Trinajstić information content (AvgIpc) is 3.41. The maximum absolute atomic E-state index is 13.1. The van der Waals surface area contributed by atoms with Crippen molar-refractivity contribution in [2.24, 2.45) is 5.92 Å². The van der Waals surface area contributed by atoms with E-state index in [0.29, 0.717) is 28.3 Å². The van der Waals surface area contributed by atoms with Crippen molar-refractivity contribution < 1.29 is 9.53 Å². The monoisotopic (exact) mass is 519 g/mol. The van der Waals surface area contributed by atoms with Gasteiger partial charge in [-0.1, -0.05) is 75.8 Å². The summed E-state index contributed by atoms with van der Waals surface area (Å²) >= 11 is 6.90. The van der Waals surface area contributed by atoms with Crippen LogP contribution in [0.5, 0.6) is 5.75 Å². The number of ether oxygens (including phenoxy) is 1. The number of para-hydroxylation sites is 1. The number of hydrogen-bond acceptors (Lipinski definition) is 5. The summed E-state index contributed by atoms with van der Waals surface area (Å²) in [5, 5.41) is 4.90. The van der Waals surface area contributed by atoms with Crippen molar-refractivity contribution in [2.75, 3.05) is 13.2 Å². The lowest BCUT2D eigenvalue weighted by Gasteiger charge is -2.13. The predicted octanol–water partition coefficient (Wildman–Crippen LogP) is 7.36. The molecule has 0 aliphatic carbocycles. The highest BCUT2D eigenvalue weighted by molar-refractivity contribution is 8.26. The topological polar surface area (TPSA) is 47.4 Å². The van der Waals surface area contributed by atoms with Gasteiger partial charge in [0.15, 0.2) is 0 Å². The minimum atomic E-state index is -0.0200. The fraction of sp³-hybridized carbons (Fsp3) is 0.345. The van der Waals surface area contributed by atoms with Crippen LogP contribution in [0.4, 0.5) is 0 Å². The van der Waals surface area contributed by atoms with E-state index < -0.39 is 0 Å². The van der Waals surface area contributed by atoms with E-state index in [4.69, 9.17) is 22.1 Å². The Bertz CT molecular complexity index is 1220. The molecule has 0 radical (unpaired) electrons. The van der Waals surface area contributed by atoms with Crippen LogP contribution < -0.4 is 4.74 Å². The quantitative estimate of drug-likeness (QED) is 0.150. The molecule has 1 fully saturated rings. The molecule has 1 aliphatic rings. The Balaban J connectivity index is 1.63. The fourth-order valence-corrected chi connectivity index (χ4v) is 5.21. The number of carbonyl (C=O) groups excluding carboxylic acids is 1. The van der Waals surface area contributed by atoms with Crippen molar-refractivity contribution in [1.29, 1.82) is 0 Å². The molecule has 36 heavy (non-hydrogen) atoms. The van der Waals surface area contributed by atoms with Gasteiger partial charge >= 0.3 is 0 Å². The third kappa shape index (κ3) is 6.45. The summed E-state index contributed by atoms with van der Waals surface area (Å²) in [5.41, 5.74) is 3.61. The van der Waals surface area contributed by atoms with E-state index in [2.05, 4.69) is 20.8 Å². The fourth-order valence-electron chi connectivity index (χ4n) is 3.91. The summed E-state index contributed by atoms with van der Waals surface area (Å²) < 4.78 is 8.38. The zero-order chi connectivity index (χ0) is 25.5. The van der Waals surface area contributed by atoms with Gasteiger partial charge in [0.25, 0.3) is 5.91 Å². The molecule has 1 amide bonds. The highest BCUT2D eigenvalue weighted by atomic mass is 32.2. The molecular weight excluding hydrogens is 486 g/mol. The first-order valence-electron chi connectivity index (χ1n) is 12.6. The third-order valence-corrected chi connectivity index (χ3v) is 7.38. The Kier molecular flexibility index (Phi) is 8.99. The molecule has 0 unspecified atom stereocenters. The first-order valence-corrected chi connectivity index (χ1v) is 13.8. The number of nitrogens with zero attached hydrogens (tertiary/aromatic N) is 3. The van der Waals surface area contributed by atoms with Gasteiger partial charge in [-0.05, 0) is 61.2 Å². The van der Waals surface area contributed by atoms with E-state index >= 15 is 0 Å². The van der Waals surface area contributed by atoms with E-state index in [9.17, 15) is 4.79 Å². The minimum Gasteiger partial charge on any atom is -0.494 e. The first kappa shape index (κ1) is 26.2. The van der Waals surface area contributed by atoms with Gasteiger partial charge in [-0.3, -0.25) is 9.69 Å². The summed E-state index contributed by atoms with van der Waals surface area (Å²) in [6, 6.07) is 18.0. The molecular formula is C29H33N3O2S2. The van der Waals surface area contributed by atoms with Crippen molar-refractivity contribution in [3.8, 4) is 22.7 Å². The van der Waals surface area contributed by atoms with Crippen LogP contribution in [0.25, 0.3) is 23.0 Å². The molecule has 1 saturated heterocycles. The lowest BCUT2D eigenvalue weighted by Crippen LogP contribution is -2.28. The number of unbranched alkanes of at least 4 members (excludes halogenated alkanes) is 2. The van der Waals surface area contributed by atoms with Gasteiger partial charge in [0.05, 0.1) is 22.9 Å². The van der Waals surface area contributed by atoms with Gasteiger partial charge in [-0.2, -0.15) is 5.10 Å². The van der Waals surface area contributed by atoms with Crippen LogP contribution in [-0.2, 0) is 4.79 Å². The zero-order valence-electron chi connectivity index (χ0n) is 21.1. The van der Waals surface area contributed by atoms with Crippen molar-refractivity contribution in [2.45, 2.75) is 46.5 Å². The maximum atomic E-state index is 13.1. The molecule has 0 bridgehead atoms. The van der Waals surface area contributed by atoms with Crippen LogP contribution in [0.3, 0.4) is 0 Å². The maximum Gasteiger partial charge on any atom is 0.266 e. The first-order chi connectivity index (χ1) is 17.5. The molecule has 3 aromatic rings. The van der Waals surface area contributed by atoms with Crippen LogP contribution in [0.2, 0.25) is 0 Å². The number of rotatable bonds is 11. The number of thioether (sulfide) groups is 1. The zero-order valence-corrected chi connectivity index (χ0v) is 22.8. The second-order valence-electron chi connectivity index (χ2n) is 9.31. The molecule has 1 aliphatic heterocycles. The third-order valence-electron chi connectivity index (χ3n) is 6.00. The summed E-state index contributed by atoms with van der Waals surface area (Å²) in [7, 11) is 0. The van der Waals surface area contributed by atoms with Crippen LogP contribution in [0, 0.1) is 5.92 Å². The molecule has 2 heterocycles. The van der Waals surface area contributed by atoms with Crippen LogP contribution in [-0.4, -0.2) is 38.1 Å². The highest BCUT2D eigenvalue weighted by Crippen LogP contribution is 2.35. The van der Waals surface area contributed by atoms with E-state index in [-0.39, 0.29) is 5.91 Å². The molecule has 1 aromatic heterocycles. The average molecular weight is 520 g/mol. The molecule has 188 valence electrons. The van der Waals surface area contributed by atoms with Crippen molar-refractivity contribution in [1.82, 2.24) is 14.7 Å². The van der Waals surface area contributed by atoms with Gasteiger partial charge in [0.1, 0.15) is 10.1 Å². The van der Waals surface area contributed by atoms with E-state index in [1.807, 2.05) is 71.6 Å². The summed E-state index contributed by atoms with van der Waals surface area (Å²) in [5.74, 6) is 1.43. The molecule has 0 N–H and O–H groups in total. The summed E-state index contributed by atoms with van der Waals surface area (Å²) in [6.07, 6.45) is 8.06. The molecule has 2 aromatic carbocycles. The molecule has 0 saturated carbocycles. The predicted molar refractivity (Wildman–Crippen MR) is 153 cm³/mol. The highest BCUT2D eigenvalue weighted by Gasteiger charge is 2.32. The Morgan fingerprint density at radius 2 is 1.83 bits per heavy atom. The Labute approximate surface area is 223 Å².